The second-order valence-corrected chi connectivity index (χ2v) is 6.18. The monoisotopic (exact) mass is 338 g/mol. The lowest BCUT2D eigenvalue weighted by Gasteiger charge is -2.11. The third kappa shape index (κ3) is 3.39. The van der Waals surface area contributed by atoms with Crippen molar-refractivity contribution in [2.45, 2.75) is 32.7 Å². The third-order valence-electron chi connectivity index (χ3n) is 4.80. The van der Waals surface area contributed by atoms with E-state index in [1.165, 1.54) is 0 Å². The van der Waals surface area contributed by atoms with Crippen molar-refractivity contribution in [2.24, 2.45) is 5.92 Å². The number of aryl methyl sites for hydroxylation is 1. The third-order valence-corrected chi connectivity index (χ3v) is 4.80. The summed E-state index contributed by atoms with van der Waals surface area (Å²) >= 11 is 0. The molecule has 1 aliphatic carbocycles. The van der Waals surface area contributed by atoms with Gasteiger partial charge in [0.1, 0.15) is 5.76 Å². The molecule has 1 heterocycles. The van der Waals surface area contributed by atoms with Crippen molar-refractivity contribution in [2.75, 3.05) is 13.7 Å². The van der Waals surface area contributed by atoms with Gasteiger partial charge >= 0.3 is 5.97 Å². The van der Waals surface area contributed by atoms with E-state index in [0.29, 0.717) is 12.2 Å². The fourth-order valence-corrected chi connectivity index (χ4v) is 3.50. The normalized spacial score (nSPS) is 16.9. The lowest BCUT2D eigenvalue weighted by Crippen LogP contribution is -2.06. The zero-order valence-corrected chi connectivity index (χ0v) is 14.6. The van der Waals surface area contributed by atoms with Crippen molar-refractivity contribution in [3.8, 4) is 6.07 Å². The first kappa shape index (κ1) is 17.1. The van der Waals surface area contributed by atoms with Gasteiger partial charge in [0.25, 0.3) is 0 Å². The molecule has 0 radical (unpaired) electrons. The van der Waals surface area contributed by atoms with Crippen molar-refractivity contribution in [1.29, 1.82) is 5.26 Å². The number of hydrogen-bond acceptors (Lipinski definition) is 4. The fraction of sp³-hybridized carbons (Fsp3) is 0.400. The summed E-state index contributed by atoms with van der Waals surface area (Å²) in [5, 5.41) is 10.4. The van der Waals surface area contributed by atoms with E-state index in [-0.39, 0.29) is 11.9 Å². The highest BCUT2D eigenvalue weighted by molar-refractivity contribution is 5.94. The number of benzene rings is 1. The minimum atomic E-state index is -0.293. The number of aromatic nitrogens is 1. The SMILES string of the molecule is CCOC(=O)c1ccc2c(ccn2CCC2CCC(OC)=C2C#N)c1. The molecule has 0 N–H and O–H groups in total. The van der Waals surface area contributed by atoms with Crippen LogP contribution in [0.5, 0.6) is 0 Å². The molecule has 1 aliphatic rings. The van der Waals surface area contributed by atoms with Crippen molar-refractivity contribution >= 4 is 16.9 Å². The molecule has 0 aliphatic heterocycles. The molecular weight excluding hydrogens is 316 g/mol. The molecule has 1 aromatic heterocycles. The van der Waals surface area contributed by atoms with Crippen LogP contribution in [0.25, 0.3) is 10.9 Å². The molecule has 0 saturated heterocycles. The maximum Gasteiger partial charge on any atom is 0.338 e. The Morgan fingerprint density at radius 2 is 2.24 bits per heavy atom. The second kappa shape index (κ2) is 7.43. The van der Waals surface area contributed by atoms with Crippen LogP contribution >= 0.6 is 0 Å². The smallest absolute Gasteiger partial charge is 0.338 e. The molecular formula is C20H22N2O3. The zero-order valence-electron chi connectivity index (χ0n) is 14.6. The Morgan fingerprint density at radius 3 is 2.96 bits per heavy atom. The minimum Gasteiger partial charge on any atom is -0.500 e. The Balaban J connectivity index is 1.74. The molecule has 5 nitrogen and oxygen atoms in total. The predicted octanol–water partition coefficient (Wildman–Crippen LogP) is 4.04. The molecule has 0 bridgehead atoms. The Labute approximate surface area is 147 Å². The summed E-state index contributed by atoms with van der Waals surface area (Å²) in [7, 11) is 1.63. The summed E-state index contributed by atoms with van der Waals surface area (Å²) in [4.78, 5) is 11.8. The van der Waals surface area contributed by atoms with Crippen molar-refractivity contribution in [3.05, 3.63) is 47.4 Å². The minimum absolute atomic E-state index is 0.260. The van der Waals surface area contributed by atoms with E-state index in [4.69, 9.17) is 9.47 Å². The van der Waals surface area contributed by atoms with E-state index in [1.54, 1.807) is 20.1 Å². The van der Waals surface area contributed by atoms with Crippen LogP contribution in [0.2, 0.25) is 0 Å². The Morgan fingerprint density at radius 1 is 1.40 bits per heavy atom. The van der Waals surface area contributed by atoms with E-state index < -0.39 is 0 Å². The summed E-state index contributed by atoms with van der Waals surface area (Å²) in [5.74, 6) is 0.805. The molecule has 0 spiro atoms. The van der Waals surface area contributed by atoms with Crippen LogP contribution in [0, 0.1) is 17.2 Å². The van der Waals surface area contributed by atoms with Crippen LogP contribution in [-0.2, 0) is 16.0 Å². The number of fused-ring (bicyclic) bond motifs is 1. The maximum absolute atomic E-state index is 11.8. The molecule has 1 aromatic carbocycles. The van der Waals surface area contributed by atoms with Gasteiger partial charge in [-0.25, -0.2) is 4.79 Å². The lowest BCUT2D eigenvalue weighted by molar-refractivity contribution is 0.0526. The Kier molecular flexibility index (Phi) is 5.08. The maximum atomic E-state index is 11.8. The van der Waals surface area contributed by atoms with Crippen LogP contribution in [0.3, 0.4) is 0 Å². The molecule has 25 heavy (non-hydrogen) atoms. The molecule has 2 aromatic rings. The van der Waals surface area contributed by atoms with Crippen LogP contribution in [0.4, 0.5) is 0 Å². The summed E-state index contributed by atoms with van der Waals surface area (Å²) in [5.41, 5.74) is 2.45. The van der Waals surface area contributed by atoms with E-state index in [0.717, 1.165) is 48.0 Å². The molecule has 1 unspecified atom stereocenters. The van der Waals surface area contributed by atoms with E-state index in [1.807, 2.05) is 24.4 Å². The molecule has 130 valence electrons. The van der Waals surface area contributed by atoms with Crippen LogP contribution in [0.1, 0.15) is 36.5 Å². The number of carbonyl (C=O) groups is 1. The number of nitrogens with zero attached hydrogens (tertiary/aromatic N) is 2. The van der Waals surface area contributed by atoms with Gasteiger partial charge in [-0.05, 0) is 49.9 Å². The van der Waals surface area contributed by atoms with Crippen molar-refractivity contribution < 1.29 is 14.3 Å². The zero-order chi connectivity index (χ0) is 17.8. The summed E-state index contributed by atoms with van der Waals surface area (Å²) in [6.07, 6.45) is 4.75. The standard InChI is InChI=1S/C20H22N2O3/c1-3-25-20(23)16-4-6-18-15(12-16)9-11-22(18)10-8-14-5-7-19(24-2)17(14)13-21/h4,6,9,11-12,14H,3,5,7-8,10H2,1-2H3. The van der Waals surface area contributed by atoms with Gasteiger partial charge in [-0.15, -0.1) is 0 Å². The van der Waals surface area contributed by atoms with Crippen molar-refractivity contribution in [3.63, 3.8) is 0 Å². The number of methoxy groups -OCH3 is 1. The van der Waals surface area contributed by atoms with Crippen LogP contribution in [0.15, 0.2) is 41.8 Å². The molecule has 0 amide bonds. The van der Waals surface area contributed by atoms with Gasteiger partial charge in [-0.1, -0.05) is 0 Å². The highest BCUT2D eigenvalue weighted by atomic mass is 16.5. The highest BCUT2D eigenvalue weighted by Crippen LogP contribution is 2.34. The first-order valence-electron chi connectivity index (χ1n) is 8.61. The van der Waals surface area contributed by atoms with Gasteiger partial charge < -0.3 is 14.0 Å². The van der Waals surface area contributed by atoms with Gasteiger partial charge in [0.15, 0.2) is 0 Å². The van der Waals surface area contributed by atoms with E-state index >= 15 is 0 Å². The quantitative estimate of drug-likeness (QED) is 0.746. The largest absolute Gasteiger partial charge is 0.500 e. The number of nitriles is 1. The van der Waals surface area contributed by atoms with Gasteiger partial charge in [-0.2, -0.15) is 5.26 Å². The Hall–Kier alpha value is -2.74. The highest BCUT2D eigenvalue weighted by Gasteiger charge is 2.26. The van der Waals surface area contributed by atoms with E-state index in [2.05, 4.69) is 10.6 Å². The fourth-order valence-electron chi connectivity index (χ4n) is 3.50. The van der Waals surface area contributed by atoms with Gasteiger partial charge in [-0.3, -0.25) is 0 Å². The number of esters is 1. The average Bonchev–Trinajstić information content (AvgIpc) is 3.22. The first-order valence-corrected chi connectivity index (χ1v) is 8.61. The molecule has 0 saturated carbocycles. The first-order chi connectivity index (χ1) is 12.2. The molecule has 0 fully saturated rings. The summed E-state index contributed by atoms with van der Waals surface area (Å²) < 4.78 is 12.5. The van der Waals surface area contributed by atoms with E-state index in [9.17, 15) is 10.1 Å². The second-order valence-electron chi connectivity index (χ2n) is 6.18. The average molecular weight is 338 g/mol. The van der Waals surface area contributed by atoms with Crippen LogP contribution < -0.4 is 0 Å². The Bertz CT molecular complexity index is 857. The van der Waals surface area contributed by atoms with Gasteiger partial charge in [0.05, 0.1) is 30.9 Å². The van der Waals surface area contributed by atoms with Crippen molar-refractivity contribution in [1.82, 2.24) is 4.57 Å². The molecule has 3 rings (SSSR count). The molecule has 1 atom stereocenters. The van der Waals surface area contributed by atoms with Crippen LogP contribution in [-0.4, -0.2) is 24.3 Å². The number of hydrogen-bond donors (Lipinski definition) is 0. The number of rotatable bonds is 6. The lowest BCUT2D eigenvalue weighted by atomic mass is 9.98. The number of allylic oxidation sites excluding steroid dienone is 2. The summed E-state index contributed by atoms with van der Waals surface area (Å²) in [6.45, 7) is 3.00. The topological polar surface area (TPSA) is 64.2 Å². The molecule has 5 heteroatoms. The van der Waals surface area contributed by atoms with Gasteiger partial charge in [0, 0.05) is 30.1 Å². The van der Waals surface area contributed by atoms with Gasteiger partial charge in [0.2, 0.25) is 0 Å². The number of carbonyl (C=O) groups excluding carboxylic acids is 1. The number of ether oxygens (including phenoxy) is 2. The predicted molar refractivity (Wildman–Crippen MR) is 94.9 cm³/mol. The summed E-state index contributed by atoms with van der Waals surface area (Å²) in [6, 6.07) is 9.94.